The Kier molecular flexibility index (Phi) is 4.56. The van der Waals surface area contributed by atoms with E-state index in [2.05, 4.69) is 15.3 Å². The second kappa shape index (κ2) is 6.95. The molecule has 0 unspecified atom stereocenters. The van der Waals surface area contributed by atoms with E-state index < -0.39 is 5.91 Å². The molecule has 0 aliphatic carbocycles. The van der Waals surface area contributed by atoms with E-state index in [-0.39, 0.29) is 0 Å². The second-order valence-corrected chi connectivity index (χ2v) is 5.37. The highest BCUT2D eigenvalue weighted by molar-refractivity contribution is 6.05. The summed E-state index contributed by atoms with van der Waals surface area (Å²) in [6, 6.07) is 11.6. The lowest BCUT2D eigenvalue weighted by molar-refractivity contribution is 0.100. The highest BCUT2D eigenvalue weighted by atomic mass is 16.5. The third-order valence-corrected chi connectivity index (χ3v) is 3.77. The summed E-state index contributed by atoms with van der Waals surface area (Å²) in [5, 5.41) is 4.09. The van der Waals surface area contributed by atoms with Crippen molar-refractivity contribution in [3.63, 3.8) is 0 Å². The van der Waals surface area contributed by atoms with Gasteiger partial charge in [0, 0.05) is 23.8 Å². The lowest BCUT2D eigenvalue weighted by Gasteiger charge is -2.10. The van der Waals surface area contributed by atoms with Gasteiger partial charge in [-0.05, 0) is 36.2 Å². The summed E-state index contributed by atoms with van der Waals surface area (Å²) in [5.74, 6) is 0.338. The molecular weight excluding hydrogens is 304 g/mol. The summed E-state index contributed by atoms with van der Waals surface area (Å²) in [6.45, 7) is 0.726. The molecule has 0 radical (unpaired) electrons. The van der Waals surface area contributed by atoms with Crippen molar-refractivity contribution in [2.24, 2.45) is 5.73 Å². The second-order valence-electron chi connectivity index (χ2n) is 5.37. The zero-order chi connectivity index (χ0) is 16.9. The smallest absolute Gasteiger partial charge is 0.250 e. The predicted octanol–water partition coefficient (Wildman–Crippen LogP) is 2.39. The van der Waals surface area contributed by atoms with E-state index in [4.69, 9.17) is 10.5 Å². The van der Waals surface area contributed by atoms with Gasteiger partial charge in [-0.2, -0.15) is 0 Å². The third-order valence-electron chi connectivity index (χ3n) is 3.77. The lowest BCUT2D eigenvalue weighted by Crippen LogP contribution is -2.13. The van der Waals surface area contributed by atoms with Gasteiger partial charge in [-0.1, -0.05) is 12.1 Å². The first kappa shape index (κ1) is 15.7. The van der Waals surface area contributed by atoms with E-state index in [1.165, 1.54) is 11.9 Å². The maximum absolute atomic E-state index is 11.6. The number of nitrogens with two attached hydrogens (primary N) is 1. The number of rotatable bonds is 6. The summed E-state index contributed by atoms with van der Waals surface area (Å²) in [4.78, 5) is 19.8. The van der Waals surface area contributed by atoms with E-state index >= 15 is 0 Å². The Balaban J connectivity index is 1.73. The Bertz CT molecular complexity index is 863. The van der Waals surface area contributed by atoms with Gasteiger partial charge < -0.3 is 15.8 Å². The van der Waals surface area contributed by atoms with E-state index in [9.17, 15) is 4.79 Å². The van der Waals surface area contributed by atoms with Crippen LogP contribution in [0.2, 0.25) is 0 Å². The number of methoxy groups -OCH3 is 1. The molecule has 0 atom stereocenters. The van der Waals surface area contributed by atoms with Gasteiger partial charge in [-0.15, -0.1) is 0 Å². The van der Waals surface area contributed by atoms with Crippen molar-refractivity contribution in [2.45, 2.75) is 6.42 Å². The van der Waals surface area contributed by atoms with Crippen LogP contribution in [0.1, 0.15) is 15.9 Å². The molecule has 1 heterocycles. The Morgan fingerprint density at radius 3 is 2.75 bits per heavy atom. The largest absolute Gasteiger partial charge is 0.497 e. The van der Waals surface area contributed by atoms with Gasteiger partial charge in [-0.25, -0.2) is 9.97 Å². The van der Waals surface area contributed by atoms with Crippen molar-refractivity contribution in [3.8, 4) is 5.75 Å². The molecule has 0 aliphatic heterocycles. The van der Waals surface area contributed by atoms with Gasteiger partial charge in [0.25, 0.3) is 5.91 Å². The molecule has 24 heavy (non-hydrogen) atoms. The first-order valence-electron chi connectivity index (χ1n) is 7.58. The van der Waals surface area contributed by atoms with Crippen LogP contribution in [0.25, 0.3) is 10.9 Å². The molecule has 6 nitrogen and oxygen atoms in total. The summed E-state index contributed by atoms with van der Waals surface area (Å²) in [5.41, 5.74) is 8.43. The fourth-order valence-electron chi connectivity index (χ4n) is 2.54. The highest BCUT2D eigenvalue weighted by Crippen LogP contribution is 2.21. The van der Waals surface area contributed by atoms with Crippen molar-refractivity contribution in [1.82, 2.24) is 9.97 Å². The van der Waals surface area contributed by atoms with Crippen LogP contribution in [0.4, 0.5) is 5.69 Å². The first-order valence-corrected chi connectivity index (χ1v) is 7.58. The van der Waals surface area contributed by atoms with E-state index in [1.54, 1.807) is 19.4 Å². The van der Waals surface area contributed by atoms with Crippen LogP contribution >= 0.6 is 0 Å². The molecule has 2 aromatic carbocycles. The number of aromatic nitrogens is 2. The minimum atomic E-state index is -0.502. The van der Waals surface area contributed by atoms with E-state index in [1.807, 2.05) is 30.3 Å². The van der Waals surface area contributed by atoms with Gasteiger partial charge in [0.2, 0.25) is 0 Å². The van der Waals surface area contributed by atoms with Crippen LogP contribution in [-0.2, 0) is 6.42 Å². The van der Waals surface area contributed by atoms with Crippen molar-refractivity contribution in [2.75, 3.05) is 19.0 Å². The number of hydrogen-bond donors (Lipinski definition) is 2. The maximum atomic E-state index is 11.6. The highest BCUT2D eigenvalue weighted by Gasteiger charge is 2.10. The number of carbonyl (C=O) groups excluding carboxylic acids is 1. The predicted molar refractivity (Wildman–Crippen MR) is 93.2 cm³/mol. The van der Waals surface area contributed by atoms with Gasteiger partial charge in [-0.3, -0.25) is 4.79 Å². The molecule has 0 saturated heterocycles. The lowest BCUT2D eigenvalue weighted by atomic mass is 10.1. The molecule has 122 valence electrons. The van der Waals surface area contributed by atoms with Crippen LogP contribution in [0.15, 0.2) is 48.9 Å². The Morgan fingerprint density at radius 1 is 1.25 bits per heavy atom. The maximum Gasteiger partial charge on any atom is 0.250 e. The Labute approximate surface area is 139 Å². The SMILES string of the molecule is COc1ccc(CCNc2cc(C(N)=O)c3ncncc3c2)cc1. The van der Waals surface area contributed by atoms with Gasteiger partial charge in [0.05, 0.1) is 18.2 Å². The molecule has 3 aromatic rings. The van der Waals surface area contributed by atoms with Gasteiger partial charge in [0.15, 0.2) is 0 Å². The quantitative estimate of drug-likeness (QED) is 0.727. The zero-order valence-corrected chi connectivity index (χ0v) is 13.3. The normalized spacial score (nSPS) is 10.5. The minimum absolute atomic E-state index is 0.391. The zero-order valence-electron chi connectivity index (χ0n) is 13.3. The molecule has 0 bridgehead atoms. The molecular formula is C18H18N4O2. The standard InChI is InChI=1S/C18H18N4O2/c1-24-15-4-2-12(3-5-15)6-7-21-14-8-13-10-20-11-22-17(13)16(9-14)18(19)23/h2-5,8-11,21H,6-7H2,1H3,(H2,19,23). The van der Waals surface area contributed by atoms with Crippen LogP contribution in [-0.4, -0.2) is 29.5 Å². The number of ether oxygens (including phenoxy) is 1. The van der Waals surface area contributed by atoms with Crippen LogP contribution in [0.3, 0.4) is 0 Å². The number of hydrogen-bond acceptors (Lipinski definition) is 5. The number of nitrogens with one attached hydrogen (secondary N) is 1. The van der Waals surface area contributed by atoms with Crippen LogP contribution in [0.5, 0.6) is 5.75 Å². The Hall–Kier alpha value is -3.15. The molecule has 3 N–H and O–H groups in total. The third kappa shape index (κ3) is 3.43. The average molecular weight is 322 g/mol. The summed E-state index contributed by atoms with van der Waals surface area (Å²) < 4.78 is 5.15. The number of anilines is 1. The average Bonchev–Trinajstić information content (AvgIpc) is 2.61. The number of carbonyl (C=O) groups is 1. The number of fused-ring (bicyclic) bond motifs is 1. The fraction of sp³-hybridized carbons (Fsp3) is 0.167. The van der Waals surface area contributed by atoms with Crippen molar-refractivity contribution in [1.29, 1.82) is 0 Å². The number of amides is 1. The summed E-state index contributed by atoms with van der Waals surface area (Å²) in [7, 11) is 1.65. The van der Waals surface area contributed by atoms with E-state index in [0.717, 1.165) is 29.8 Å². The van der Waals surface area contributed by atoms with Gasteiger partial charge in [0.1, 0.15) is 12.1 Å². The van der Waals surface area contributed by atoms with Crippen molar-refractivity contribution >= 4 is 22.5 Å². The van der Waals surface area contributed by atoms with Crippen molar-refractivity contribution < 1.29 is 9.53 Å². The minimum Gasteiger partial charge on any atom is -0.497 e. The topological polar surface area (TPSA) is 90.1 Å². The monoisotopic (exact) mass is 322 g/mol. The van der Waals surface area contributed by atoms with Crippen molar-refractivity contribution in [3.05, 3.63) is 60.0 Å². The first-order chi connectivity index (χ1) is 11.7. The van der Waals surface area contributed by atoms with Crippen LogP contribution < -0.4 is 15.8 Å². The molecule has 0 spiro atoms. The molecule has 0 fully saturated rings. The Morgan fingerprint density at radius 2 is 2.04 bits per heavy atom. The molecule has 1 aromatic heterocycles. The molecule has 3 rings (SSSR count). The summed E-state index contributed by atoms with van der Waals surface area (Å²) >= 11 is 0. The molecule has 1 amide bonds. The fourth-order valence-corrected chi connectivity index (χ4v) is 2.54. The van der Waals surface area contributed by atoms with Gasteiger partial charge >= 0.3 is 0 Å². The molecule has 6 heteroatoms. The number of benzene rings is 2. The molecule has 0 aliphatic rings. The summed E-state index contributed by atoms with van der Waals surface area (Å²) in [6.07, 6.45) is 3.92. The van der Waals surface area contributed by atoms with E-state index in [0.29, 0.717) is 11.1 Å². The number of nitrogens with zero attached hydrogens (tertiary/aromatic N) is 2. The molecule has 0 saturated carbocycles. The number of primary amides is 1. The van der Waals surface area contributed by atoms with Crippen LogP contribution in [0, 0.1) is 0 Å².